The maximum atomic E-state index is 4.75. The summed E-state index contributed by atoms with van der Waals surface area (Å²) in [5.41, 5.74) is 15.1. The predicted octanol–water partition coefficient (Wildman–Crippen LogP) is 18.5. The van der Waals surface area contributed by atoms with Crippen molar-refractivity contribution in [3.8, 4) is 28.1 Å². The largest absolute Gasteiger partial charge is 0.310 e. The number of pyridine rings is 2. The summed E-state index contributed by atoms with van der Waals surface area (Å²) in [5, 5.41) is 8.66. The summed E-state index contributed by atoms with van der Waals surface area (Å²) in [7, 11) is 0. The highest BCUT2D eigenvalue weighted by Gasteiger charge is 2.21. The Morgan fingerprint density at radius 1 is 0.333 bits per heavy atom. The van der Waals surface area contributed by atoms with Crippen molar-refractivity contribution >= 4 is 109 Å². The van der Waals surface area contributed by atoms with Gasteiger partial charge in [0.15, 0.2) is 0 Å². The van der Waals surface area contributed by atoms with Gasteiger partial charge in [0.05, 0.1) is 22.2 Å². The third-order valence-electron chi connectivity index (χ3n) is 14.0. The number of thiophene rings is 1. The van der Waals surface area contributed by atoms with Gasteiger partial charge >= 0.3 is 0 Å². The molecular weight excluding hydrogens is 895 g/mol. The van der Waals surface area contributed by atoms with Crippen LogP contribution >= 0.6 is 11.3 Å². The molecule has 338 valence electrons. The third-order valence-corrected chi connectivity index (χ3v) is 15.2. The lowest BCUT2D eigenvalue weighted by Crippen LogP contribution is -2.10. The van der Waals surface area contributed by atoms with E-state index in [0.717, 1.165) is 78.6 Å². The summed E-state index contributed by atoms with van der Waals surface area (Å²) in [6.07, 6.45) is 3.71. The van der Waals surface area contributed by atoms with Crippen molar-refractivity contribution in [1.82, 2.24) is 14.5 Å². The van der Waals surface area contributed by atoms with E-state index in [0.29, 0.717) is 0 Å². The summed E-state index contributed by atoms with van der Waals surface area (Å²) >= 11 is 1.89. The molecule has 0 aliphatic rings. The number of rotatable bonds is 9. The van der Waals surface area contributed by atoms with Gasteiger partial charge in [-0.2, -0.15) is 0 Å². The minimum absolute atomic E-state index is 0.945. The second-order valence-electron chi connectivity index (χ2n) is 18.3. The number of anilines is 6. The quantitative estimate of drug-likeness (QED) is 0.144. The summed E-state index contributed by atoms with van der Waals surface area (Å²) in [4.78, 5) is 14.0. The Balaban J connectivity index is 0.903. The topological polar surface area (TPSA) is 37.2 Å². The Hall–Kier alpha value is -9.36. The van der Waals surface area contributed by atoms with Crippen LogP contribution in [0.15, 0.2) is 261 Å². The molecule has 0 aliphatic heterocycles. The number of nitrogens with zero attached hydrogens (tertiary/aromatic N) is 5. The van der Waals surface area contributed by atoms with Crippen LogP contribution in [-0.4, -0.2) is 14.5 Å². The van der Waals surface area contributed by atoms with Crippen LogP contribution in [0.25, 0.3) is 91.7 Å². The van der Waals surface area contributed by atoms with Gasteiger partial charge in [-0.05, 0) is 143 Å². The van der Waals surface area contributed by atoms with Gasteiger partial charge in [0, 0.05) is 94.1 Å². The molecule has 72 heavy (non-hydrogen) atoms. The van der Waals surface area contributed by atoms with Gasteiger partial charge in [0.2, 0.25) is 0 Å². The number of hydrogen-bond donors (Lipinski definition) is 0. The maximum absolute atomic E-state index is 4.75. The predicted molar refractivity (Wildman–Crippen MR) is 305 cm³/mol. The second kappa shape index (κ2) is 17.2. The molecule has 0 saturated carbocycles. The van der Waals surface area contributed by atoms with E-state index in [4.69, 9.17) is 4.98 Å². The normalized spacial score (nSPS) is 11.6. The van der Waals surface area contributed by atoms with E-state index in [1.807, 2.05) is 35.9 Å². The van der Waals surface area contributed by atoms with Gasteiger partial charge in [-0.3, -0.25) is 9.97 Å². The molecule has 0 fully saturated rings. The average Bonchev–Trinajstić information content (AvgIpc) is 3.98. The zero-order chi connectivity index (χ0) is 47.5. The molecule has 0 unspecified atom stereocenters. The SMILES string of the molecule is c1ccc(N(c2cccc(-c3ccc(N(c4ccccc4)c4ccc5c6cc7sc8c9ccccc9ccc8c7cc6n(-c6cccc(-c7ccccn7)c6)c5c4)cc3)c2)c2ccc3ncccc3c2)cc1. The van der Waals surface area contributed by atoms with Crippen molar-refractivity contribution in [3.63, 3.8) is 0 Å². The van der Waals surface area contributed by atoms with Gasteiger partial charge in [-0.25, -0.2) is 0 Å². The van der Waals surface area contributed by atoms with Crippen molar-refractivity contribution < 1.29 is 0 Å². The standard InChI is InChI=1S/C66H43N5S/c1-3-18-49(19-4-1)69(51-29-26-44(27-30-51)46-15-11-22-52(38-46)70(50-20-5-2-6-21-50)54-32-35-62-48(40-54)17-13-37-68-62)55-31-34-57-59-43-65-60(58-33-28-45-14-7-8-24-56(45)66(58)72-65)42-64(59)71(63(57)41-55)53-23-12-16-47(39-53)61-25-9-10-36-67-61/h1-43H. The molecular formula is C66H43N5S. The molecule has 6 heteroatoms. The zero-order valence-corrected chi connectivity index (χ0v) is 39.8. The molecule has 4 heterocycles. The Kier molecular flexibility index (Phi) is 9.96. The minimum Gasteiger partial charge on any atom is -0.310 e. The van der Waals surface area contributed by atoms with E-state index in [-0.39, 0.29) is 0 Å². The van der Waals surface area contributed by atoms with Crippen molar-refractivity contribution in [3.05, 3.63) is 261 Å². The molecule has 14 aromatic rings. The summed E-state index contributed by atoms with van der Waals surface area (Å²) in [6, 6.07) is 89.7. The Morgan fingerprint density at radius 2 is 0.972 bits per heavy atom. The van der Waals surface area contributed by atoms with Crippen LogP contribution in [0.1, 0.15) is 0 Å². The minimum atomic E-state index is 0.945. The third kappa shape index (κ3) is 7.15. The first-order chi connectivity index (χ1) is 35.7. The molecule has 0 aliphatic carbocycles. The van der Waals surface area contributed by atoms with Gasteiger partial charge in [0.25, 0.3) is 0 Å². The fourth-order valence-electron chi connectivity index (χ4n) is 10.6. The lowest BCUT2D eigenvalue weighted by atomic mass is 10.0. The van der Waals surface area contributed by atoms with Crippen molar-refractivity contribution in [2.45, 2.75) is 0 Å². The molecule has 10 aromatic carbocycles. The maximum Gasteiger partial charge on any atom is 0.0703 e. The summed E-state index contributed by atoms with van der Waals surface area (Å²) < 4.78 is 5.07. The van der Waals surface area contributed by atoms with E-state index in [1.54, 1.807) is 0 Å². The Morgan fingerprint density at radius 3 is 1.81 bits per heavy atom. The van der Waals surface area contributed by atoms with Crippen LogP contribution in [-0.2, 0) is 0 Å². The van der Waals surface area contributed by atoms with Crippen molar-refractivity contribution in [1.29, 1.82) is 0 Å². The number of benzene rings is 10. The first-order valence-corrected chi connectivity index (χ1v) is 25.1. The first-order valence-electron chi connectivity index (χ1n) is 24.3. The lowest BCUT2D eigenvalue weighted by Gasteiger charge is -2.27. The van der Waals surface area contributed by atoms with Crippen molar-refractivity contribution in [2.24, 2.45) is 0 Å². The van der Waals surface area contributed by atoms with Gasteiger partial charge in [-0.15, -0.1) is 11.3 Å². The molecule has 0 saturated heterocycles. The van der Waals surface area contributed by atoms with E-state index < -0.39 is 0 Å². The highest BCUT2D eigenvalue weighted by Crippen LogP contribution is 2.46. The van der Waals surface area contributed by atoms with E-state index in [1.165, 1.54) is 47.2 Å². The van der Waals surface area contributed by atoms with Crippen LogP contribution in [0.5, 0.6) is 0 Å². The summed E-state index contributed by atoms with van der Waals surface area (Å²) in [6.45, 7) is 0. The Labute approximate surface area is 420 Å². The molecule has 5 nitrogen and oxygen atoms in total. The molecule has 0 N–H and O–H groups in total. The van der Waals surface area contributed by atoms with Crippen molar-refractivity contribution in [2.75, 3.05) is 9.80 Å². The molecule has 0 bridgehead atoms. The molecule has 0 radical (unpaired) electrons. The highest BCUT2D eigenvalue weighted by atomic mass is 32.1. The van der Waals surface area contributed by atoms with E-state index in [9.17, 15) is 0 Å². The number of hydrogen-bond acceptors (Lipinski definition) is 5. The average molecular weight is 938 g/mol. The lowest BCUT2D eigenvalue weighted by molar-refractivity contribution is 1.18. The van der Waals surface area contributed by atoms with Crippen LogP contribution in [0, 0.1) is 0 Å². The van der Waals surface area contributed by atoms with Gasteiger partial charge < -0.3 is 14.4 Å². The first kappa shape index (κ1) is 41.6. The number of aromatic nitrogens is 3. The van der Waals surface area contributed by atoms with Crippen LogP contribution in [0.4, 0.5) is 34.1 Å². The fourth-order valence-corrected chi connectivity index (χ4v) is 11.9. The Bertz CT molecular complexity index is 4340. The van der Waals surface area contributed by atoms with Crippen LogP contribution in [0.3, 0.4) is 0 Å². The number of fused-ring (bicyclic) bond motifs is 9. The molecule has 0 atom stereocenters. The van der Waals surface area contributed by atoms with Crippen LogP contribution < -0.4 is 9.80 Å². The molecule has 0 spiro atoms. The van der Waals surface area contributed by atoms with Gasteiger partial charge in [0.1, 0.15) is 0 Å². The second-order valence-corrected chi connectivity index (χ2v) is 19.3. The smallest absolute Gasteiger partial charge is 0.0703 e. The van der Waals surface area contributed by atoms with E-state index >= 15 is 0 Å². The van der Waals surface area contributed by atoms with Crippen LogP contribution in [0.2, 0.25) is 0 Å². The fraction of sp³-hybridized carbons (Fsp3) is 0. The molecule has 0 amide bonds. The summed E-state index contributed by atoms with van der Waals surface area (Å²) in [5.74, 6) is 0. The van der Waals surface area contributed by atoms with E-state index in [2.05, 4.69) is 256 Å². The van der Waals surface area contributed by atoms with Gasteiger partial charge in [-0.1, -0.05) is 127 Å². The monoisotopic (exact) mass is 937 g/mol. The zero-order valence-electron chi connectivity index (χ0n) is 39.0. The molecule has 4 aromatic heterocycles. The number of para-hydroxylation sites is 2. The highest BCUT2D eigenvalue weighted by molar-refractivity contribution is 7.26. The molecule has 14 rings (SSSR count).